The number of thiazole rings is 1. The van der Waals surface area contributed by atoms with E-state index in [4.69, 9.17) is 5.73 Å². The molecular formula is C13H12N6OS. The fraction of sp³-hybridized carbons (Fsp3) is 0.0769. The Morgan fingerprint density at radius 1 is 1.38 bits per heavy atom. The third kappa shape index (κ3) is 2.90. The highest BCUT2D eigenvalue weighted by atomic mass is 32.1. The zero-order valence-electron chi connectivity index (χ0n) is 11.1. The minimum Gasteiger partial charge on any atom is -0.366 e. The summed E-state index contributed by atoms with van der Waals surface area (Å²) >= 11 is 1.58. The van der Waals surface area contributed by atoms with Crippen molar-refractivity contribution in [1.82, 2.24) is 20.2 Å². The number of aryl methyl sites for hydroxylation is 1. The number of aromatic nitrogens is 4. The number of aromatic amines is 1. The van der Waals surface area contributed by atoms with Crippen LogP contribution in [0.1, 0.15) is 15.6 Å². The molecule has 3 rings (SSSR count). The van der Waals surface area contributed by atoms with Crippen LogP contribution in [-0.4, -0.2) is 26.1 Å². The van der Waals surface area contributed by atoms with Crippen LogP contribution in [0.15, 0.2) is 29.6 Å². The van der Waals surface area contributed by atoms with Crippen molar-refractivity contribution in [1.29, 1.82) is 0 Å². The Kier molecular flexibility index (Phi) is 3.36. The number of carbonyl (C=O) groups is 1. The van der Waals surface area contributed by atoms with Crippen LogP contribution in [0, 0.1) is 6.92 Å². The molecule has 0 aliphatic carbocycles. The van der Waals surface area contributed by atoms with E-state index in [2.05, 4.69) is 25.5 Å². The summed E-state index contributed by atoms with van der Waals surface area (Å²) in [6.45, 7) is 1.95. The van der Waals surface area contributed by atoms with E-state index in [1.54, 1.807) is 17.4 Å². The summed E-state index contributed by atoms with van der Waals surface area (Å²) in [6.07, 6.45) is 0. The van der Waals surface area contributed by atoms with Crippen LogP contribution in [-0.2, 0) is 0 Å². The largest absolute Gasteiger partial charge is 0.366 e. The first-order chi connectivity index (χ1) is 10.1. The third-order valence-corrected chi connectivity index (χ3v) is 3.53. The maximum absolute atomic E-state index is 12.0. The highest BCUT2D eigenvalue weighted by Crippen LogP contribution is 2.24. The van der Waals surface area contributed by atoms with Gasteiger partial charge in [-0.05, 0) is 19.1 Å². The van der Waals surface area contributed by atoms with E-state index in [-0.39, 0.29) is 11.8 Å². The van der Waals surface area contributed by atoms with Crippen LogP contribution in [0.4, 0.5) is 11.6 Å². The van der Waals surface area contributed by atoms with Crippen LogP contribution in [0.5, 0.6) is 0 Å². The van der Waals surface area contributed by atoms with Gasteiger partial charge in [0, 0.05) is 16.6 Å². The summed E-state index contributed by atoms with van der Waals surface area (Å²) in [4.78, 5) is 20.2. The molecule has 0 atom stereocenters. The number of H-pyrrole nitrogens is 1. The molecule has 0 saturated carbocycles. The van der Waals surface area contributed by atoms with Gasteiger partial charge in [-0.2, -0.15) is 4.98 Å². The Hall–Kier alpha value is -2.74. The van der Waals surface area contributed by atoms with E-state index < -0.39 is 5.91 Å². The van der Waals surface area contributed by atoms with Gasteiger partial charge in [0.15, 0.2) is 0 Å². The van der Waals surface area contributed by atoms with Crippen molar-refractivity contribution in [3.05, 3.63) is 40.5 Å². The average molecular weight is 300 g/mol. The minimum absolute atomic E-state index is 0.0341. The van der Waals surface area contributed by atoms with Crippen molar-refractivity contribution in [2.45, 2.75) is 6.92 Å². The van der Waals surface area contributed by atoms with E-state index in [9.17, 15) is 4.79 Å². The van der Waals surface area contributed by atoms with Crippen LogP contribution in [0.3, 0.4) is 0 Å². The quantitative estimate of drug-likeness (QED) is 0.686. The van der Waals surface area contributed by atoms with Crippen LogP contribution >= 0.6 is 11.3 Å². The van der Waals surface area contributed by atoms with Gasteiger partial charge in [-0.15, -0.1) is 16.4 Å². The second-order valence-electron chi connectivity index (χ2n) is 4.33. The van der Waals surface area contributed by atoms with E-state index in [1.807, 2.05) is 30.5 Å². The van der Waals surface area contributed by atoms with Crippen LogP contribution < -0.4 is 11.1 Å². The second-order valence-corrected chi connectivity index (χ2v) is 5.39. The maximum atomic E-state index is 12.0. The summed E-state index contributed by atoms with van der Waals surface area (Å²) in [5, 5.41) is 11.8. The first-order valence-electron chi connectivity index (χ1n) is 6.13. The van der Waals surface area contributed by atoms with Crippen molar-refractivity contribution >= 4 is 28.9 Å². The fourth-order valence-corrected chi connectivity index (χ4v) is 2.44. The van der Waals surface area contributed by atoms with Crippen molar-refractivity contribution in [2.24, 2.45) is 0 Å². The maximum Gasteiger partial charge on any atom is 0.293 e. The van der Waals surface area contributed by atoms with Crippen molar-refractivity contribution in [3.63, 3.8) is 0 Å². The first kappa shape index (κ1) is 13.3. The Labute approximate surface area is 124 Å². The van der Waals surface area contributed by atoms with Crippen molar-refractivity contribution in [3.8, 4) is 11.3 Å². The Bertz CT molecular complexity index is 793. The van der Waals surface area contributed by atoms with Gasteiger partial charge in [0.05, 0.1) is 10.7 Å². The normalized spacial score (nSPS) is 10.5. The van der Waals surface area contributed by atoms with Gasteiger partial charge in [0.1, 0.15) is 0 Å². The third-order valence-electron chi connectivity index (χ3n) is 2.75. The molecule has 0 bridgehead atoms. The standard InChI is InChI=1S/C13H12N6OS/c1-7-15-10(6-21-7)8-3-2-4-9(5-8)16-12(20)11-17-13(14)19-18-11/h2-6H,1H3,(H,16,20)(H3,14,17,18,19). The number of rotatable bonds is 3. The molecule has 0 saturated heterocycles. The van der Waals surface area contributed by atoms with Gasteiger partial charge in [0.25, 0.3) is 5.91 Å². The molecule has 2 aromatic heterocycles. The number of nitrogens with two attached hydrogens (primary N) is 1. The molecule has 4 N–H and O–H groups in total. The lowest BCUT2D eigenvalue weighted by Gasteiger charge is -2.04. The molecule has 0 aliphatic heterocycles. The Morgan fingerprint density at radius 3 is 2.90 bits per heavy atom. The molecule has 0 spiro atoms. The smallest absolute Gasteiger partial charge is 0.293 e. The summed E-state index contributed by atoms with van der Waals surface area (Å²) < 4.78 is 0. The number of nitrogen functional groups attached to an aromatic ring is 1. The lowest BCUT2D eigenvalue weighted by Crippen LogP contribution is -2.13. The fourth-order valence-electron chi connectivity index (χ4n) is 1.82. The molecule has 3 aromatic rings. The number of nitrogens with zero attached hydrogens (tertiary/aromatic N) is 3. The van der Waals surface area contributed by atoms with Gasteiger partial charge in [-0.1, -0.05) is 12.1 Å². The predicted octanol–water partition coefficient (Wildman–Crippen LogP) is 2.07. The van der Waals surface area contributed by atoms with Gasteiger partial charge in [-0.25, -0.2) is 4.98 Å². The number of amides is 1. The SMILES string of the molecule is Cc1nc(-c2cccc(NC(=O)c3nc(N)n[nH]3)c2)cs1. The van der Waals surface area contributed by atoms with Gasteiger partial charge < -0.3 is 11.1 Å². The van der Waals surface area contributed by atoms with E-state index in [0.717, 1.165) is 16.3 Å². The molecular weight excluding hydrogens is 288 g/mol. The highest BCUT2D eigenvalue weighted by molar-refractivity contribution is 7.09. The summed E-state index contributed by atoms with van der Waals surface area (Å²) in [6, 6.07) is 7.44. The molecule has 8 heteroatoms. The van der Waals surface area contributed by atoms with Crippen LogP contribution in [0.25, 0.3) is 11.3 Å². The van der Waals surface area contributed by atoms with Gasteiger partial charge in [-0.3, -0.25) is 9.89 Å². The summed E-state index contributed by atoms with van der Waals surface area (Å²) in [5.74, 6) is -0.292. The van der Waals surface area contributed by atoms with E-state index in [0.29, 0.717) is 5.69 Å². The average Bonchev–Trinajstić information content (AvgIpc) is 3.08. The highest BCUT2D eigenvalue weighted by Gasteiger charge is 2.11. The van der Waals surface area contributed by atoms with Gasteiger partial charge in [0.2, 0.25) is 11.8 Å². The van der Waals surface area contributed by atoms with E-state index in [1.165, 1.54) is 0 Å². The zero-order chi connectivity index (χ0) is 14.8. The molecule has 0 radical (unpaired) electrons. The summed E-state index contributed by atoms with van der Waals surface area (Å²) in [5.41, 5.74) is 7.85. The Balaban J connectivity index is 1.82. The lowest BCUT2D eigenvalue weighted by atomic mass is 10.1. The molecule has 21 heavy (non-hydrogen) atoms. The monoisotopic (exact) mass is 300 g/mol. The number of carbonyl (C=O) groups excluding carboxylic acids is 1. The molecule has 0 aliphatic rings. The van der Waals surface area contributed by atoms with Crippen molar-refractivity contribution < 1.29 is 4.79 Å². The first-order valence-corrected chi connectivity index (χ1v) is 7.01. The molecule has 106 valence electrons. The molecule has 2 heterocycles. The molecule has 7 nitrogen and oxygen atoms in total. The molecule has 0 fully saturated rings. The number of hydrogen-bond acceptors (Lipinski definition) is 6. The molecule has 0 unspecified atom stereocenters. The second kappa shape index (κ2) is 5.33. The minimum atomic E-state index is -0.397. The predicted molar refractivity (Wildman–Crippen MR) is 81.0 cm³/mol. The number of anilines is 2. The molecule has 1 amide bonds. The number of nitrogens with one attached hydrogen (secondary N) is 2. The van der Waals surface area contributed by atoms with Gasteiger partial charge >= 0.3 is 0 Å². The lowest BCUT2D eigenvalue weighted by molar-refractivity contribution is 0.101. The Morgan fingerprint density at radius 2 is 2.24 bits per heavy atom. The summed E-state index contributed by atoms with van der Waals surface area (Å²) in [7, 11) is 0. The zero-order valence-corrected chi connectivity index (χ0v) is 11.9. The van der Waals surface area contributed by atoms with Crippen LogP contribution in [0.2, 0.25) is 0 Å². The topological polar surface area (TPSA) is 110 Å². The van der Waals surface area contributed by atoms with E-state index >= 15 is 0 Å². The number of benzene rings is 1. The molecule has 1 aromatic carbocycles. The number of hydrogen-bond donors (Lipinski definition) is 3. The van der Waals surface area contributed by atoms with Crippen molar-refractivity contribution in [2.75, 3.05) is 11.1 Å².